The molecule has 88 valence electrons. The number of rotatable bonds is 3. The summed E-state index contributed by atoms with van der Waals surface area (Å²) >= 11 is 0. The van der Waals surface area contributed by atoms with Gasteiger partial charge >= 0.3 is 5.97 Å². The van der Waals surface area contributed by atoms with Gasteiger partial charge in [-0.15, -0.1) is 0 Å². The fourth-order valence-electron chi connectivity index (χ4n) is 0.788. The Morgan fingerprint density at radius 1 is 1.38 bits per heavy atom. The molecule has 0 aliphatic carbocycles. The Kier molecular flexibility index (Phi) is 6.27. The molecular weight excluding hydrogens is 214 g/mol. The van der Waals surface area contributed by atoms with E-state index in [1.54, 1.807) is 0 Å². The number of phenolic OH excluding ortho intramolecular Hbond substituents is 1. The van der Waals surface area contributed by atoms with Gasteiger partial charge in [-0.05, 0) is 18.6 Å². The summed E-state index contributed by atoms with van der Waals surface area (Å²) < 4.78 is 0. The van der Waals surface area contributed by atoms with E-state index in [1.165, 1.54) is 24.3 Å². The zero-order chi connectivity index (χ0) is 12.6. The minimum atomic E-state index is -0.711. The van der Waals surface area contributed by atoms with Crippen molar-refractivity contribution in [3.63, 3.8) is 0 Å². The molecule has 0 saturated carbocycles. The predicted octanol–water partition coefficient (Wildman–Crippen LogP) is 2.17. The lowest BCUT2D eigenvalue weighted by Gasteiger charge is -1.89. The van der Waals surface area contributed by atoms with Gasteiger partial charge in [0.2, 0.25) is 0 Å². The molecule has 1 aromatic rings. The zero-order valence-electron chi connectivity index (χ0n) is 8.79. The van der Waals surface area contributed by atoms with Crippen LogP contribution in [0.25, 0.3) is 0 Å². The number of nitro benzene ring substituents is 1. The Labute approximate surface area is 92.3 Å². The summed E-state index contributed by atoms with van der Waals surface area (Å²) in [6.45, 7) is 1.84. The predicted molar refractivity (Wildman–Crippen MR) is 57.3 cm³/mol. The van der Waals surface area contributed by atoms with Gasteiger partial charge in [-0.25, -0.2) is 0 Å². The number of carboxylic acids is 1. The Morgan fingerprint density at radius 2 is 1.88 bits per heavy atom. The van der Waals surface area contributed by atoms with Crippen molar-refractivity contribution in [3.8, 4) is 5.75 Å². The molecule has 2 N–H and O–H groups in total. The smallest absolute Gasteiger partial charge is 0.303 e. The number of nitrogens with zero attached hydrogens (tertiary/aromatic N) is 1. The lowest BCUT2D eigenvalue weighted by atomic mass is 10.3. The Morgan fingerprint density at radius 3 is 2.12 bits per heavy atom. The number of hydrogen-bond donors (Lipinski definition) is 2. The third kappa shape index (κ3) is 6.36. The fourth-order valence-corrected chi connectivity index (χ4v) is 0.788. The van der Waals surface area contributed by atoms with Crippen LogP contribution in [0.15, 0.2) is 24.3 Å². The lowest BCUT2D eigenvalue weighted by molar-refractivity contribution is -0.384. The van der Waals surface area contributed by atoms with Gasteiger partial charge in [0.25, 0.3) is 5.69 Å². The number of nitro groups is 1. The van der Waals surface area contributed by atoms with Crippen LogP contribution in [0, 0.1) is 10.1 Å². The highest BCUT2D eigenvalue weighted by Crippen LogP contribution is 2.14. The SMILES string of the molecule is CCCC(=O)O.O=[N+]([O-])c1ccc(O)cc1. The first-order valence-corrected chi connectivity index (χ1v) is 4.62. The average molecular weight is 227 g/mol. The standard InChI is InChI=1S/C6H5NO3.C4H8O2/c8-6-3-1-5(2-4-6)7(9)10;1-2-3-4(5)6/h1-4,8H;2-3H2,1H3,(H,5,6). The van der Waals surface area contributed by atoms with Crippen molar-refractivity contribution in [3.05, 3.63) is 34.4 Å². The molecule has 0 bridgehead atoms. The van der Waals surface area contributed by atoms with Gasteiger partial charge in [0.1, 0.15) is 5.75 Å². The van der Waals surface area contributed by atoms with Crippen molar-refractivity contribution in [1.82, 2.24) is 0 Å². The quantitative estimate of drug-likeness (QED) is 0.608. The molecule has 1 aromatic carbocycles. The van der Waals surface area contributed by atoms with E-state index in [0.29, 0.717) is 6.42 Å². The molecule has 0 unspecified atom stereocenters. The van der Waals surface area contributed by atoms with Crippen LogP contribution >= 0.6 is 0 Å². The molecule has 0 atom stereocenters. The number of carboxylic acid groups (broad SMARTS) is 1. The maximum atomic E-state index is 10.0. The Bertz CT molecular complexity index is 347. The molecule has 0 amide bonds. The van der Waals surface area contributed by atoms with Crippen LogP contribution in [-0.2, 0) is 4.79 Å². The molecule has 6 heteroatoms. The van der Waals surface area contributed by atoms with E-state index in [4.69, 9.17) is 10.2 Å². The van der Waals surface area contributed by atoms with Gasteiger partial charge in [-0.1, -0.05) is 6.92 Å². The maximum Gasteiger partial charge on any atom is 0.303 e. The molecule has 16 heavy (non-hydrogen) atoms. The molecular formula is C10H13NO5. The van der Waals surface area contributed by atoms with Crippen LogP contribution in [0.4, 0.5) is 5.69 Å². The molecule has 0 heterocycles. The summed E-state index contributed by atoms with van der Waals surface area (Å²) in [7, 11) is 0. The summed E-state index contributed by atoms with van der Waals surface area (Å²) in [5.74, 6) is -0.678. The topological polar surface area (TPSA) is 101 Å². The van der Waals surface area contributed by atoms with E-state index in [1.807, 2.05) is 6.92 Å². The monoisotopic (exact) mass is 227 g/mol. The first kappa shape index (κ1) is 13.9. The number of benzene rings is 1. The third-order valence-corrected chi connectivity index (χ3v) is 1.52. The van der Waals surface area contributed by atoms with E-state index in [-0.39, 0.29) is 11.4 Å². The second kappa shape index (κ2) is 7.22. The average Bonchev–Trinajstić information content (AvgIpc) is 2.19. The molecule has 0 fully saturated rings. The molecule has 0 radical (unpaired) electrons. The van der Waals surface area contributed by atoms with Gasteiger partial charge in [-0.2, -0.15) is 0 Å². The number of aromatic hydroxyl groups is 1. The van der Waals surface area contributed by atoms with E-state index in [9.17, 15) is 14.9 Å². The van der Waals surface area contributed by atoms with E-state index < -0.39 is 10.9 Å². The van der Waals surface area contributed by atoms with Gasteiger partial charge in [-0.3, -0.25) is 14.9 Å². The third-order valence-electron chi connectivity index (χ3n) is 1.52. The largest absolute Gasteiger partial charge is 0.508 e. The zero-order valence-corrected chi connectivity index (χ0v) is 8.79. The second-order valence-electron chi connectivity index (χ2n) is 2.92. The summed E-state index contributed by atoms with van der Waals surface area (Å²) in [4.78, 5) is 19.1. The van der Waals surface area contributed by atoms with Crippen molar-refractivity contribution in [1.29, 1.82) is 0 Å². The fraction of sp³-hybridized carbons (Fsp3) is 0.300. The van der Waals surface area contributed by atoms with Crippen molar-refractivity contribution < 1.29 is 19.9 Å². The van der Waals surface area contributed by atoms with Crippen LogP contribution < -0.4 is 0 Å². The normalized spacial score (nSPS) is 8.81. The van der Waals surface area contributed by atoms with Crippen molar-refractivity contribution in [2.24, 2.45) is 0 Å². The minimum absolute atomic E-state index is 0.0159. The van der Waals surface area contributed by atoms with Crippen LogP contribution in [0.2, 0.25) is 0 Å². The lowest BCUT2D eigenvalue weighted by Crippen LogP contribution is -1.90. The highest BCUT2D eigenvalue weighted by Gasteiger charge is 2.01. The highest BCUT2D eigenvalue weighted by molar-refractivity contribution is 5.66. The number of phenols is 1. The van der Waals surface area contributed by atoms with E-state index >= 15 is 0 Å². The molecule has 0 spiro atoms. The summed E-state index contributed by atoms with van der Waals surface area (Å²) in [6, 6.07) is 5.04. The molecule has 0 aliphatic heterocycles. The van der Waals surface area contributed by atoms with Crippen molar-refractivity contribution >= 4 is 11.7 Å². The van der Waals surface area contributed by atoms with Gasteiger partial charge in [0.05, 0.1) is 4.92 Å². The molecule has 1 rings (SSSR count). The van der Waals surface area contributed by atoms with Gasteiger partial charge < -0.3 is 10.2 Å². The number of non-ortho nitro benzene ring substituents is 1. The summed E-state index contributed by atoms with van der Waals surface area (Å²) in [5, 5.41) is 26.7. The first-order valence-electron chi connectivity index (χ1n) is 4.62. The Balaban J connectivity index is 0.000000325. The number of carbonyl (C=O) groups is 1. The van der Waals surface area contributed by atoms with Crippen LogP contribution in [0.5, 0.6) is 5.75 Å². The van der Waals surface area contributed by atoms with Crippen LogP contribution in [0.3, 0.4) is 0 Å². The molecule has 0 aromatic heterocycles. The first-order chi connectivity index (χ1) is 7.47. The summed E-state index contributed by atoms with van der Waals surface area (Å²) in [5.41, 5.74) is -0.0159. The van der Waals surface area contributed by atoms with Gasteiger partial charge in [0, 0.05) is 18.6 Å². The molecule has 6 nitrogen and oxygen atoms in total. The maximum absolute atomic E-state index is 10.0. The number of aliphatic carboxylic acids is 1. The van der Waals surface area contributed by atoms with Crippen molar-refractivity contribution in [2.75, 3.05) is 0 Å². The van der Waals surface area contributed by atoms with E-state index in [0.717, 1.165) is 6.42 Å². The highest BCUT2D eigenvalue weighted by atomic mass is 16.6. The van der Waals surface area contributed by atoms with Crippen LogP contribution in [-0.4, -0.2) is 21.1 Å². The molecule has 0 saturated heterocycles. The van der Waals surface area contributed by atoms with Gasteiger partial charge in [0.15, 0.2) is 0 Å². The second-order valence-corrected chi connectivity index (χ2v) is 2.92. The molecule has 0 aliphatic rings. The number of hydrogen-bond acceptors (Lipinski definition) is 4. The summed E-state index contributed by atoms with van der Waals surface area (Å²) in [6.07, 6.45) is 1.02. The van der Waals surface area contributed by atoms with Crippen LogP contribution in [0.1, 0.15) is 19.8 Å². The van der Waals surface area contributed by atoms with E-state index in [2.05, 4.69) is 0 Å². The minimum Gasteiger partial charge on any atom is -0.508 e. The van der Waals surface area contributed by atoms with Crippen molar-refractivity contribution in [2.45, 2.75) is 19.8 Å². The Hall–Kier alpha value is -2.11.